The molecule has 1 amide bonds. The van der Waals surface area contributed by atoms with E-state index in [2.05, 4.69) is 0 Å². The summed E-state index contributed by atoms with van der Waals surface area (Å²) < 4.78 is 1.53. The summed E-state index contributed by atoms with van der Waals surface area (Å²) in [6, 6.07) is 10.5. The van der Waals surface area contributed by atoms with E-state index in [0.717, 1.165) is 11.6 Å². The minimum atomic E-state index is -0.692. The third-order valence-electron chi connectivity index (χ3n) is 2.84. The monoisotopic (exact) mass is 304 g/mol. The molecule has 2 N–H and O–H groups in total. The predicted molar refractivity (Wildman–Crippen MR) is 80.2 cm³/mol. The maximum Gasteiger partial charge on any atom is 0.267 e. The number of benzene rings is 1. The molecule has 1 heterocycles. The molecule has 21 heavy (non-hydrogen) atoms. The fourth-order valence-electron chi connectivity index (χ4n) is 1.80. The minimum absolute atomic E-state index is 0.227. The summed E-state index contributed by atoms with van der Waals surface area (Å²) in [6.07, 6.45) is 4.11. The van der Waals surface area contributed by atoms with Crippen molar-refractivity contribution in [1.82, 2.24) is 10.0 Å². The van der Waals surface area contributed by atoms with Gasteiger partial charge in [0.2, 0.25) is 0 Å². The number of hydrogen-bond donors (Lipinski definition) is 2. The third kappa shape index (κ3) is 4.05. The molecule has 0 saturated carbocycles. The van der Waals surface area contributed by atoms with E-state index >= 15 is 0 Å². The summed E-state index contributed by atoms with van der Waals surface area (Å²) in [5.41, 5.74) is 2.54. The fourth-order valence-corrected chi connectivity index (χ4v) is 1.92. The molecule has 5 nitrogen and oxygen atoms in total. The number of halogens is 1. The number of hydroxylamine groups is 1. The second-order valence-corrected chi connectivity index (χ2v) is 4.77. The smallest absolute Gasteiger partial charge is 0.267 e. The first-order valence-corrected chi connectivity index (χ1v) is 6.54. The number of rotatable bonds is 4. The largest absolute Gasteiger partial charge is 0.311 e. The number of amides is 1. The standard InChI is InChI=1S/C15H13ClN2O3/c16-13-6-3-11(4-7-13)10-18-9-1-2-12(15(18)20)5-8-14(19)17-21/h1-9,21H,10H2,(H,17,19)/b8-5+. The number of carbonyl (C=O) groups is 1. The van der Waals surface area contributed by atoms with Crippen molar-refractivity contribution in [1.29, 1.82) is 0 Å². The first-order valence-electron chi connectivity index (χ1n) is 6.16. The lowest BCUT2D eigenvalue weighted by Crippen LogP contribution is -2.22. The van der Waals surface area contributed by atoms with Crippen molar-refractivity contribution in [3.63, 3.8) is 0 Å². The van der Waals surface area contributed by atoms with Crippen LogP contribution in [-0.4, -0.2) is 15.7 Å². The Hall–Kier alpha value is -2.37. The normalized spacial score (nSPS) is 10.8. The van der Waals surface area contributed by atoms with Crippen molar-refractivity contribution < 1.29 is 10.0 Å². The lowest BCUT2D eigenvalue weighted by atomic mass is 10.2. The number of carbonyl (C=O) groups excluding carboxylic acids is 1. The van der Waals surface area contributed by atoms with Gasteiger partial charge in [0, 0.05) is 22.9 Å². The molecule has 2 aromatic rings. The fraction of sp³-hybridized carbons (Fsp3) is 0.0667. The van der Waals surface area contributed by atoms with Crippen LogP contribution >= 0.6 is 11.6 Å². The summed E-state index contributed by atoms with van der Waals surface area (Å²) in [6.45, 7) is 0.407. The van der Waals surface area contributed by atoms with Gasteiger partial charge in [-0.15, -0.1) is 0 Å². The van der Waals surface area contributed by atoms with Crippen LogP contribution in [0.25, 0.3) is 6.08 Å². The molecule has 0 spiro atoms. The van der Waals surface area contributed by atoms with E-state index in [1.54, 1.807) is 30.5 Å². The summed E-state index contributed by atoms with van der Waals surface area (Å²) in [5, 5.41) is 9.05. The van der Waals surface area contributed by atoms with Gasteiger partial charge in [0.25, 0.3) is 11.5 Å². The van der Waals surface area contributed by atoms with Crippen molar-refractivity contribution in [3.05, 3.63) is 75.2 Å². The Morgan fingerprint density at radius 3 is 2.67 bits per heavy atom. The van der Waals surface area contributed by atoms with E-state index in [-0.39, 0.29) is 5.56 Å². The maximum absolute atomic E-state index is 12.2. The quantitative estimate of drug-likeness (QED) is 0.516. The van der Waals surface area contributed by atoms with E-state index < -0.39 is 5.91 Å². The Balaban J connectivity index is 2.25. The van der Waals surface area contributed by atoms with Gasteiger partial charge in [-0.2, -0.15) is 0 Å². The maximum atomic E-state index is 12.2. The highest BCUT2D eigenvalue weighted by Crippen LogP contribution is 2.10. The summed E-state index contributed by atoms with van der Waals surface area (Å²) >= 11 is 5.82. The van der Waals surface area contributed by atoms with E-state index in [0.29, 0.717) is 17.1 Å². The molecule has 2 rings (SSSR count). The molecule has 6 heteroatoms. The number of aromatic nitrogens is 1. The summed E-state index contributed by atoms with van der Waals surface area (Å²) in [5.74, 6) is -0.692. The Kier molecular flexibility index (Phi) is 4.92. The average Bonchev–Trinajstić information content (AvgIpc) is 2.50. The summed E-state index contributed by atoms with van der Waals surface area (Å²) in [4.78, 5) is 23.2. The van der Waals surface area contributed by atoms with Crippen LogP contribution in [-0.2, 0) is 11.3 Å². The molecule has 0 radical (unpaired) electrons. The van der Waals surface area contributed by atoms with Gasteiger partial charge in [0.05, 0.1) is 6.54 Å². The van der Waals surface area contributed by atoms with Crippen molar-refractivity contribution in [2.75, 3.05) is 0 Å². The summed E-state index contributed by atoms with van der Waals surface area (Å²) in [7, 11) is 0. The third-order valence-corrected chi connectivity index (χ3v) is 3.09. The zero-order chi connectivity index (χ0) is 15.2. The Labute approximate surface area is 126 Å². The lowest BCUT2D eigenvalue weighted by Gasteiger charge is -2.06. The molecule has 0 unspecified atom stereocenters. The van der Waals surface area contributed by atoms with Crippen LogP contribution in [0.2, 0.25) is 5.02 Å². The molecular formula is C15H13ClN2O3. The van der Waals surface area contributed by atoms with Crippen molar-refractivity contribution in [2.45, 2.75) is 6.54 Å². The zero-order valence-corrected chi connectivity index (χ0v) is 11.7. The van der Waals surface area contributed by atoms with Gasteiger partial charge in [0.15, 0.2) is 0 Å². The van der Waals surface area contributed by atoms with Crippen molar-refractivity contribution in [3.8, 4) is 0 Å². The Bertz CT molecular complexity index is 720. The number of nitrogens with zero attached hydrogens (tertiary/aromatic N) is 1. The molecule has 0 atom stereocenters. The van der Waals surface area contributed by atoms with Gasteiger partial charge in [0.1, 0.15) is 0 Å². The average molecular weight is 305 g/mol. The number of nitrogens with one attached hydrogen (secondary N) is 1. The van der Waals surface area contributed by atoms with Crippen molar-refractivity contribution in [2.24, 2.45) is 0 Å². The SMILES string of the molecule is O=C(/C=C/c1cccn(Cc2ccc(Cl)cc2)c1=O)NO. The van der Waals surface area contributed by atoms with Gasteiger partial charge in [-0.05, 0) is 35.9 Å². The number of pyridine rings is 1. The van der Waals surface area contributed by atoms with Crippen LogP contribution in [0.1, 0.15) is 11.1 Å². The molecule has 108 valence electrons. The van der Waals surface area contributed by atoms with Gasteiger partial charge in [-0.1, -0.05) is 23.7 Å². The Morgan fingerprint density at radius 2 is 2.00 bits per heavy atom. The van der Waals surface area contributed by atoms with E-state index in [1.807, 2.05) is 12.1 Å². The molecule has 0 saturated heterocycles. The van der Waals surface area contributed by atoms with Gasteiger partial charge in [-0.3, -0.25) is 14.8 Å². The molecular weight excluding hydrogens is 292 g/mol. The first kappa shape index (κ1) is 15.0. The highest BCUT2D eigenvalue weighted by Gasteiger charge is 2.02. The molecule has 0 bridgehead atoms. The van der Waals surface area contributed by atoms with Gasteiger partial charge in [-0.25, -0.2) is 5.48 Å². The zero-order valence-electron chi connectivity index (χ0n) is 11.0. The number of hydrogen-bond acceptors (Lipinski definition) is 3. The molecule has 0 aliphatic carbocycles. The Morgan fingerprint density at radius 1 is 1.29 bits per heavy atom. The highest BCUT2D eigenvalue weighted by molar-refractivity contribution is 6.30. The second kappa shape index (κ2) is 6.88. The van der Waals surface area contributed by atoms with Gasteiger partial charge < -0.3 is 4.57 Å². The van der Waals surface area contributed by atoms with Gasteiger partial charge >= 0.3 is 0 Å². The molecule has 0 aliphatic heterocycles. The molecule has 1 aromatic heterocycles. The minimum Gasteiger partial charge on any atom is -0.311 e. The highest BCUT2D eigenvalue weighted by atomic mass is 35.5. The predicted octanol–water partition coefficient (Wildman–Crippen LogP) is 2.07. The topological polar surface area (TPSA) is 71.3 Å². The molecule has 1 aromatic carbocycles. The van der Waals surface area contributed by atoms with E-state index in [1.165, 1.54) is 16.1 Å². The first-order chi connectivity index (χ1) is 10.1. The van der Waals surface area contributed by atoms with Crippen LogP contribution < -0.4 is 11.0 Å². The van der Waals surface area contributed by atoms with Crippen LogP contribution in [0, 0.1) is 0 Å². The van der Waals surface area contributed by atoms with E-state index in [4.69, 9.17) is 16.8 Å². The molecule has 0 fully saturated rings. The molecule has 0 aliphatic rings. The van der Waals surface area contributed by atoms with Crippen molar-refractivity contribution >= 4 is 23.6 Å². The second-order valence-electron chi connectivity index (χ2n) is 4.33. The van der Waals surface area contributed by atoms with Crippen LogP contribution in [0.5, 0.6) is 0 Å². The van der Waals surface area contributed by atoms with Crippen LogP contribution in [0.3, 0.4) is 0 Å². The lowest BCUT2D eigenvalue weighted by molar-refractivity contribution is -0.124. The van der Waals surface area contributed by atoms with E-state index in [9.17, 15) is 9.59 Å². The van der Waals surface area contributed by atoms with Crippen LogP contribution in [0.4, 0.5) is 0 Å². The van der Waals surface area contributed by atoms with Crippen LogP contribution in [0.15, 0.2) is 53.5 Å².